The Kier molecular flexibility index (Phi) is 5.19. The molecule has 1 rings (SSSR count). The molecule has 0 aliphatic heterocycles. The van der Waals surface area contributed by atoms with Crippen molar-refractivity contribution in [1.29, 1.82) is 0 Å². The van der Waals surface area contributed by atoms with Crippen LogP contribution in [0, 0.1) is 17.5 Å². The Labute approximate surface area is 115 Å². The fraction of sp³-hybridized carbons (Fsp3) is 0.357. The van der Waals surface area contributed by atoms with Crippen LogP contribution in [0.25, 0.3) is 6.08 Å². The Bertz CT molecular complexity index is 522. The lowest BCUT2D eigenvalue weighted by atomic mass is 10.2. The van der Waals surface area contributed by atoms with E-state index in [-0.39, 0.29) is 12.1 Å². The number of hydrogen-bond donors (Lipinski definition) is 1. The Morgan fingerprint density at radius 1 is 1.20 bits per heavy atom. The van der Waals surface area contributed by atoms with Crippen molar-refractivity contribution in [2.45, 2.75) is 26.4 Å². The molecular weight excluding hydrogens is 271 g/mol. The molecular formula is C14H16F3NO2. The number of hydrogen-bond acceptors (Lipinski definition) is 2. The minimum Gasteiger partial charge on any atom is -0.444 e. The molecule has 0 saturated carbocycles. The molecule has 1 aromatic carbocycles. The van der Waals surface area contributed by atoms with Gasteiger partial charge < -0.3 is 10.1 Å². The van der Waals surface area contributed by atoms with Crippen molar-refractivity contribution < 1.29 is 22.7 Å². The number of alkyl carbamates (subject to hydrolysis) is 1. The van der Waals surface area contributed by atoms with Gasteiger partial charge in [-0.25, -0.2) is 18.0 Å². The lowest BCUT2D eigenvalue weighted by Crippen LogP contribution is -2.32. The molecule has 0 aromatic heterocycles. The summed E-state index contributed by atoms with van der Waals surface area (Å²) in [6.45, 7) is 5.24. The van der Waals surface area contributed by atoms with Crippen LogP contribution in [-0.2, 0) is 4.74 Å². The van der Waals surface area contributed by atoms with Crippen molar-refractivity contribution >= 4 is 12.2 Å². The number of halogens is 3. The van der Waals surface area contributed by atoms with Gasteiger partial charge in [0.15, 0.2) is 11.6 Å². The number of nitrogens with one attached hydrogen (secondary N) is 1. The summed E-state index contributed by atoms with van der Waals surface area (Å²) in [5.41, 5.74) is -0.713. The molecule has 0 radical (unpaired) electrons. The van der Waals surface area contributed by atoms with Gasteiger partial charge in [0, 0.05) is 18.2 Å². The van der Waals surface area contributed by atoms with Crippen molar-refractivity contribution in [3.05, 3.63) is 41.2 Å². The van der Waals surface area contributed by atoms with Crippen molar-refractivity contribution in [3.63, 3.8) is 0 Å². The molecule has 1 amide bonds. The van der Waals surface area contributed by atoms with E-state index in [9.17, 15) is 18.0 Å². The second-order valence-corrected chi connectivity index (χ2v) is 5.07. The minimum absolute atomic E-state index is 0.0767. The van der Waals surface area contributed by atoms with Gasteiger partial charge in [-0.3, -0.25) is 0 Å². The molecule has 110 valence electrons. The summed E-state index contributed by atoms with van der Waals surface area (Å²) >= 11 is 0. The van der Waals surface area contributed by atoms with Crippen molar-refractivity contribution in [3.8, 4) is 0 Å². The fourth-order valence-electron chi connectivity index (χ4n) is 1.31. The third-order valence-corrected chi connectivity index (χ3v) is 2.10. The summed E-state index contributed by atoms with van der Waals surface area (Å²) in [7, 11) is 0. The van der Waals surface area contributed by atoms with Gasteiger partial charge in [0.25, 0.3) is 0 Å². The lowest BCUT2D eigenvalue weighted by molar-refractivity contribution is 0.0534. The van der Waals surface area contributed by atoms with E-state index in [1.807, 2.05) is 0 Å². The summed E-state index contributed by atoms with van der Waals surface area (Å²) in [6.07, 6.45) is 2.03. The van der Waals surface area contributed by atoms with Crippen LogP contribution in [0.5, 0.6) is 0 Å². The van der Waals surface area contributed by atoms with E-state index in [4.69, 9.17) is 4.74 Å². The van der Waals surface area contributed by atoms with Crippen LogP contribution < -0.4 is 5.32 Å². The molecule has 0 fully saturated rings. The summed E-state index contributed by atoms with van der Waals surface area (Å²) in [5.74, 6) is -3.25. The molecule has 0 bridgehead atoms. The molecule has 0 spiro atoms. The highest BCUT2D eigenvalue weighted by Gasteiger charge is 2.15. The van der Waals surface area contributed by atoms with Crippen LogP contribution in [0.3, 0.4) is 0 Å². The Morgan fingerprint density at radius 3 is 2.40 bits per heavy atom. The molecule has 0 saturated heterocycles. The molecule has 0 heterocycles. The first kappa shape index (κ1) is 16.1. The highest BCUT2D eigenvalue weighted by Crippen LogP contribution is 2.14. The molecule has 6 heteroatoms. The SMILES string of the molecule is CC(C)(C)OC(=O)NCC=Cc1cc(F)c(F)cc1F. The predicted molar refractivity (Wildman–Crippen MR) is 69.6 cm³/mol. The molecule has 0 atom stereocenters. The number of amides is 1. The monoisotopic (exact) mass is 287 g/mol. The van der Waals surface area contributed by atoms with Crippen molar-refractivity contribution in [2.75, 3.05) is 6.54 Å². The van der Waals surface area contributed by atoms with Crippen LogP contribution in [0.4, 0.5) is 18.0 Å². The Hall–Kier alpha value is -1.98. The van der Waals surface area contributed by atoms with Gasteiger partial charge in [0.2, 0.25) is 0 Å². The van der Waals surface area contributed by atoms with E-state index in [1.165, 1.54) is 12.2 Å². The van der Waals surface area contributed by atoms with E-state index < -0.39 is 29.1 Å². The number of carbonyl (C=O) groups is 1. The second-order valence-electron chi connectivity index (χ2n) is 5.07. The molecule has 0 unspecified atom stereocenters. The smallest absolute Gasteiger partial charge is 0.407 e. The average Bonchev–Trinajstić information content (AvgIpc) is 2.28. The largest absolute Gasteiger partial charge is 0.444 e. The van der Waals surface area contributed by atoms with Gasteiger partial charge in [-0.2, -0.15) is 0 Å². The molecule has 0 aliphatic carbocycles. The second kappa shape index (κ2) is 6.45. The quantitative estimate of drug-likeness (QED) is 0.862. The molecule has 0 aliphatic rings. The van der Waals surface area contributed by atoms with Gasteiger partial charge in [-0.15, -0.1) is 0 Å². The first-order chi connectivity index (χ1) is 9.19. The van der Waals surface area contributed by atoms with Crippen molar-refractivity contribution in [1.82, 2.24) is 5.32 Å². The first-order valence-electron chi connectivity index (χ1n) is 5.97. The van der Waals surface area contributed by atoms with Crippen LogP contribution in [-0.4, -0.2) is 18.2 Å². The van der Waals surface area contributed by atoms with E-state index in [2.05, 4.69) is 5.32 Å². The maximum atomic E-state index is 13.3. The molecule has 1 aromatic rings. The highest BCUT2D eigenvalue weighted by atomic mass is 19.2. The van der Waals surface area contributed by atoms with Crippen LogP contribution in [0.15, 0.2) is 18.2 Å². The number of rotatable bonds is 3. The van der Waals surface area contributed by atoms with E-state index in [0.717, 1.165) is 6.07 Å². The third kappa shape index (κ3) is 5.34. The number of benzene rings is 1. The highest BCUT2D eigenvalue weighted by molar-refractivity contribution is 5.68. The van der Waals surface area contributed by atoms with Gasteiger partial charge in [0.1, 0.15) is 11.4 Å². The van der Waals surface area contributed by atoms with E-state index in [1.54, 1.807) is 20.8 Å². The number of ether oxygens (including phenoxy) is 1. The minimum atomic E-state index is -1.24. The lowest BCUT2D eigenvalue weighted by Gasteiger charge is -2.19. The maximum Gasteiger partial charge on any atom is 0.407 e. The zero-order chi connectivity index (χ0) is 15.3. The molecule has 20 heavy (non-hydrogen) atoms. The predicted octanol–water partition coefficient (Wildman–Crippen LogP) is 3.64. The summed E-state index contributed by atoms with van der Waals surface area (Å²) < 4.78 is 43.9. The third-order valence-electron chi connectivity index (χ3n) is 2.10. The van der Waals surface area contributed by atoms with E-state index >= 15 is 0 Å². The van der Waals surface area contributed by atoms with Crippen LogP contribution in [0.2, 0.25) is 0 Å². The van der Waals surface area contributed by atoms with Gasteiger partial charge in [-0.05, 0) is 26.8 Å². The topological polar surface area (TPSA) is 38.3 Å². The number of carbonyl (C=O) groups excluding carboxylic acids is 1. The van der Waals surface area contributed by atoms with Crippen molar-refractivity contribution in [2.24, 2.45) is 0 Å². The van der Waals surface area contributed by atoms with Crippen LogP contribution >= 0.6 is 0 Å². The zero-order valence-electron chi connectivity index (χ0n) is 11.5. The maximum absolute atomic E-state index is 13.3. The van der Waals surface area contributed by atoms with Crippen LogP contribution in [0.1, 0.15) is 26.3 Å². The Morgan fingerprint density at radius 2 is 1.80 bits per heavy atom. The standard InChI is InChI=1S/C14H16F3NO2/c1-14(2,3)20-13(19)18-6-4-5-9-7-11(16)12(17)8-10(9)15/h4-5,7-8H,6H2,1-3H3,(H,18,19). The summed E-state index contributed by atoms with van der Waals surface area (Å²) in [4.78, 5) is 11.3. The van der Waals surface area contributed by atoms with Gasteiger partial charge in [-0.1, -0.05) is 12.2 Å². The van der Waals surface area contributed by atoms with Gasteiger partial charge >= 0.3 is 6.09 Å². The molecule has 1 N–H and O–H groups in total. The molecule has 3 nitrogen and oxygen atoms in total. The summed E-state index contributed by atoms with van der Waals surface area (Å²) in [6, 6.07) is 1.21. The normalized spacial score (nSPS) is 11.7. The fourth-order valence-corrected chi connectivity index (χ4v) is 1.31. The van der Waals surface area contributed by atoms with E-state index in [0.29, 0.717) is 6.07 Å². The zero-order valence-corrected chi connectivity index (χ0v) is 11.5. The summed E-state index contributed by atoms with van der Waals surface area (Å²) in [5, 5.41) is 2.42. The average molecular weight is 287 g/mol. The first-order valence-corrected chi connectivity index (χ1v) is 5.97. The van der Waals surface area contributed by atoms with Gasteiger partial charge in [0.05, 0.1) is 0 Å². The Balaban J connectivity index is 2.54.